The van der Waals surface area contributed by atoms with E-state index in [2.05, 4.69) is 28.8 Å². The summed E-state index contributed by atoms with van der Waals surface area (Å²) >= 11 is 0. The Bertz CT molecular complexity index is 231. The van der Waals surface area contributed by atoms with Crippen molar-refractivity contribution in [2.45, 2.75) is 18.9 Å². The topological polar surface area (TPSA) is 9.72 Å². The summed E-state index contributed by atoms with van der Waals surface area (Å²) in [5.74, 6) is 0. The lowest BCUT2D eigenvalue weighted by molar-refractivity contribution is -0.127. The van der Waals surface area contributed by atoms with Gasteiger partial charge in [0.2, 0.25) is 0 Å². The highest BCUT2D eigenvalue weighted by Gasteiger charge is 2.51. The Morgan fingerprint density at radius 2 is 1.47 bits per heavy atom. The van der Waals surface area contributed by atoms with Gasteiger partial charge in [0, 0.05) is 37.6 Å². The Kier molecular flexibility index (Phi) is 2.31. The van der Waals surface area contributed by atoms with E-state index >= 15 is 0 Å². The van der Waals surface area contributed by atoms with Crippen molar-refractivity contribution in [3.8, 4) is 0 Å². The second-order valence-corrected chi connectivity index (χ2v) is 6.11. The number of hydrogen-bond acceptors (Lipinski definition) is 3. The lowest BCUT2D eigenvalue weighted by Gasteiger charge is -2.62. The molecule has 3 heteroatoms. The maximum absolute atomic E-state index is 2.74. The van der Waals surface area contributed by atoms with Crippen molar-refractivity contribution in [3.63, 3.8) is 0 Å². The molecule has 3 aliphatic rings. The first-order valence-electron chi connectivity index (χ1n) is 6.28. The molecular weight excluding hydrogens is 186 g/mol. The first kappa shape index (κ1) is 10.1. The molecule has 0 bridgehead atoms. The molecule has 3 fully saturated rings. The van der Waals surface area contributed by atoms with Gasteiger partial charge in [-0.3, -0.25) is 4.90 Å². The van der Waals surface area contributed by atoms with Gasteiger partial charge in [0.1, 0.15) is 0 Å². The van der Waals surface area contributed by atoms with Gasteiger partial charge in [-0.2, -0.15) is 0 Å². The molecule has 0 aromatic heterocycles. The van der Waals surface area contributed by atoms with Crippen LogP contribution in [0.25, 0.3) is 0 Å². The van der Waals surface area contributed by atoms with Crippen LogP contribution in [0, 0.1) is 5.41 Å². The molecule has 0 aromatic rings. The molecule has 86 valence electrons. The first-order chi connectivity index (χ1) is 7.17. The summed E-state index contributed by atoms with van der Waals surface area (Å²) in [6.45, 7) is 8.05. The monoisotopic (exact) mass is 209 g/mol. The van der Waals surface area contributed by atoms with Crippen LogP contribution in [0.4, 0.5) is 0 Å². The van der Waals surface area contributed by atoms with E-state index < -0.39 is 0 Å². The van der Waals surface area contributed by atoms with Crippen LogP contribution in [0.5, 0.6) is 0 Å². The van der Waals surface area contributed by atoms with Crippen LogP contribution >= 0.6 is 0 Å². The Morgan fingerprint density at radius 3 is 2.00 bits per heavy atom. The molecule has 3 nitrogen and oxygen atoms in total. The molecule has 0 unspecified atom stereocenters. The lowest BCUT2D eigenvalue weighted by Crippen LogP contribution is -2.73. The van der Waals surface area contributed by atoms with Crippen molar-refractivity contribution in [1.82, 2.24) is 14.7 Å². The molecule has 3 rings (SSSR count). The van der Waals surface area contributed by atoms with Gasteiger partial charge in [0.05, 0.1) is 0 Å². The van der Waals surface area contributed by atoms with E-state index in [1.54, 1.807) is 0 Å². The summed E-state index contributed by atoms with van der Waals surface area (Å²) in [6.07, 6.45) is 2.78. The molecular formula is C12H23N3. The van der Waals surface area contributed by atoms with Crippen molar-refractivity contribution < 1.29 is 0 Å². The van der Waals surface area contributed by atoms with E-state index in [1.807, 2.05) is 0 Å². The minimum absolute atomic E-state index is 0.720. The highest BCUT2D eigenvalue weighted by Crippen LogP contribution is 2.40. The molecule has 0 aromatic carbocycles. The fraction of sp³-hybridized carbons (Fsp3) is 1.00. The average Bonchev–Trinajstić information content (AvgIpc) is 2.11. The molecule has 3 heterocycles. The van der Waals surface area contributed by atoms with E-state index in [9.17, 15) is 0 Å². The van der Waals surface area contributed by atoms with Crippen LogP contribution in [0.3, 0.4) is 0 Å². The van der Waals surface area contributed by atoms with Crippen LogP contribution < -0.4 is 0 Å². The summed E-state index contributed by atoms with van der Waals surface area (Å²) in [4.78, 5) is 7.65. The molecule has 15 heavy (non-hydrogen) atoms. The zero-order chi connectivity index (χ0) is 10.5. The third-order valence-corrected chi connectivity index (χ3v) is 4.49. The van der Waals surface area contributed by atoms with Gasteiger partial charge in [0.25, 0.3) is 0 Å². The molecule has 0 N–H and O–H groups in total. The van der Waals surface area contributed by atoms with Gasteiger partial charge in [-0.05, 0) is 40.0 Å². The third kappa shape index (κ3) is 1.71. The Morgan fingerprint density at radius 1 is 0.867 bits per heavy atom. The lowest BCUT2D eigenvalue weighted by atomic mass is 9.72. The van der Waals surface area contributed by atoms with Gasteiger partial charge < -0.3 is 9.80 Å². The number of hydrogen-bond donors (Lipinski definition) is 0. The average molecular weight is 209 g/mol. The van der Waals surface area contributed by atoms with Crippen molar-refractivity contribution >= 4 is 0 Å². The van der Waals surface area contributed by atoms with Crippen LogP contribution in [-0.4, -0.2) is 74.1 Å². The van der Waals surface area contributed by atoms with E-state index in [0.29, 0.717) is 0 Å². The predicted octanol–water partition coefficient (Wildman–Crippen LogP) is 0.328. The summed E-state index contributed by atoms with van der Waals surface area (Å²) < 4.78 is 0. The van der Waals surface area contributed by atoms with E-state index in [1.165, 1.54) is 52.1 Å². The zero-order valence-corrected chi connectivity index (χ0v) is 10.1. The minimum atomic E-state index is 0.720. The fourth-order valence-electron chi connectivity index (χ4n) is 3.73. The normalized spacial score (nSPS) is 34.0. The summed E-state index contributed by atoms with van der Waals surface area (Å²) in [7, 11) is 4.48. The van der Waals surface area contributed by atoms with Crippen LogP contribution in [0.1, 0.15) is 12.8 Å². The Labute approximate surface area is 93.0 Å². The van der Waals surface area contributed by atoms with E-state index in [-0.39, 0.29) is 0 Å². The maximum atomic E-state index is 2.74. The number of rotatable bonds is 1. The standard InChI is InChI=1S/C12H23N3/c1-13-5-3-11(4-6-13)15-9-12(10-15)7-14(2)8-12/h11H,3-10H2,1-2H3. The van der Waals surface area contributed by atoms with Crippen molar-refractivity contribution in [2.24, 2.45) is 5.41 Å². The van der Waals surface area contributed by atoms with Crippen LogP contribution in [-0.2, 0) is 0 Å². The van der Waals surface area contributed by atoms with Crippen molar-refractivity contribution in [1.29, 1.82) is 0 Å². The largest absolute Gasteiger partial charge is 0.306 e. The van der Waals surface area contributed by atoms with Gasteiger partial charge in [0.15, 0.2) is 0 Å². The maximum Gasteiger partial charge on any atom is 0.0212 e. The molecule has 0 aliphatic carbocycles. The second-order valence-electron chi connectivity index (χ2n) is 6.11. The Hall–Kier alpha value is -0.120. The highest BCUT2D eigenvalue weighted by molar-refractivity contribution is 5.06. The van der Waals surface area contributed by atoms with Gasteiger partial charge in [-0.1, -0.05) is 0 Å². The molecule has 0 saturated carbocycles. The molecule has 0 amide bonds. The summed E-state index contributed by atoms with van der Waals surface area (Å²) in [5.41, 5.74) is 0.720. The number of piperidine rings is 1. The number of likely N-dealkylation sites (tertiary alicyclic amines) is 3. The number of nitrogens with zero attached hydrogens (tertiary/aromatic N) is 3. The molecule has 0 radical (unpaired) electrons. The minimum Gasteiger partial charge on any atom is -0.306 e. The van der Waals surface area contributed by atoms with Crippen molar-refractivity contribution in [2.75, 3.05) is 53.4 Å². The van der Waals surface area contributed by atoms with E-state index in [0.717, 1.165) is 11.5 Å². The predicted molar refractivity (Wildman–Crippen MR) is 62.0 cm³/mol. The van der Waals surface area contributed by atoms with Crippen molar-refractivity contribution in [3.05, 3.63) is 0 Å². The Balaban J connectivity index is 1.47. The fourth-order valence-corrected chi connectivity index (χ4v) is 3.73. The van der Waals surface area contributed by atoms with Gasteiger partial charge in [-0.15, -0.1) is 0 Å². The van der Waals surface area contributed by atoms with E-state index in [4.69, 9.17) is 0 Å². The summed E-state index contributed by atoms with van der Waals surface area (Å²) in [5, 5.41) is 0. The quantitative estimate of drug-likeness (QED) is 0.616. The van der Waals surface area contributed by atoms with Crippen LogP contribution in [0.15, 0.2) is 0 Å². The van der Waals surface area contributed by atoms with Gasteiger partial charge in [-0.25, -0.2) is 0 Å². The molecule has 1 spiro atoms. The SMILES string of the molecule is CN1CCC(N2CC3(CN(C)C3)C2)CC1. The molecule has 0 atom stereocenters. The second kappa shape index (κ2) is 3.44. The third-order valence-electron chi connectivity index (χ3n) is 4.49. The molecule has 3 saturated heterocycles. The molecule has 3 aliphatic heterocycles. The van der Waals surface area contributed by atoms with Gasteiger partial charge >= 0.3 is 0 Å². The highest BCUT2D eigenvalue weighted by atomic mass is 15.3. The van der Waals surface area contributed by atoms with Crippen LogP contribution in [0.2, 0.25) is 0 Å². The summed E-state index contributed by atoms with van der Waals surface area (Å²) in [6, 6.07) is 0.901. The smallest absolute Gasteiger partial charge is 0.0212 e. The first-order valence-corrected chi connectivity index (χ1v) is 6.28. The zero-order valence-electron chi connectivity index (χ0n) is 10.1.